The van der Waals surface area contributed by atoms with E-state index in [2.05, 4.69) is 15.5 Å². The van der Waals surface area contributed by atoms with Gasteiger partial charge >= 0.3 is 5.97 Å². The molecule has 188 valence electrons. The van der Waals surface area contributed by atoms with Crippen molar-refractivity contribution in [3.63, 3.8) is 0 Å². The van der Waals surface area contributed by atoms with E-state index in [0.29, 0.717) is 41.9 Å². The zero-order valence-electron chi connectivity index (χ0n) is 21.4. The number of nitrogens with one attached hydrogen (secondary N) is 1. The molecule has 0 aliphatic heterocycles. The number of nitrogens with zero attached hydrogens (tertiary/aromatic N) is 4. The van der Waals surface area contributed by atoms with Crippen molar-refractivity contribution in [2.45, 2.75) is 65.4 Å². The first-order chi connectivity index (χ1) is 17.2. The number of carbonyl (C=O) groups excluding carboxylic acids is 2. The van der Waals surface area contributed by atoms with Gasteiger partial charge in [-0.1, -0.05) is 36.8 Å². The topological polar surface area (TPSA) is 98.5 Å². The Morgan fingerprint density at radius 2 is 1.78 bits per heavy atom. The highest BCUT2D eigenvalue weighted by Crippen LogP contribution is 2.23. The summed E-state index contributed by atoms with van der Waals surface area (Å²) in [6.45, 7) is 8.21. The molecule has 0 aliphatic rings. The van der Waals surface area contributed by atoms with Crippen molar-refractivity contribution >= 4 is 34.3 Å². The molecule has 0 bridgehead atoms. The first kappa shape index (κ1) is 25.3. The normalized spacial score (nSPS) is 11.7. The minimum absolute atomic E-state index is 0.0463. The number of hydrogen-bond acceptors (Lipinski definition) is 7. The van der Waals surface area contributed by atoms with Crippen LogP contribution in [0.15, 0.2) is 48.5 Å². The van der Waals surface area contributed by atoms with Crippen LogP contribution >= 0.6 is 0 Å². The molecule has 2 aromatic carbocycles. The van der Waals surface area contributed by atoms with Gasteiger partial charge in [0.05, 0.1) is 11.0 Å². The van der Waals surface area contributed by atoms with Gasteiger partial charge in [0.25, 0.3) is 0 Å². The summed E-state index contributed by atoms with van der Waals surface area (Å²) in [6.07, 6.45) is 3.29. The molecule has 0 aliphatic carbocycles. The Kier molecular flexibility index (Phi) is 7.62. The summed E-state index contributed by atoms with van der Waals surface area (Å²) >= 11 is 0. The van der Waals surface area contributed by atoms with Crippen molar-refractivity contribution in [1.82, 2.24) is 19.6 Å². The second-order valence-corrected chi connectivity index (χ2v) is 9.98. The Labute approximate surface area is 211 Å². The Morgan fingerprint density at radius 3 is 2.53 bits per heavy atom. The molecular weight excluding hydrogens is 454 g/mol. The molecule has 0 unspecified atom stereocenters. The van der Waals surface area contributed by atoms with Gasteiger partial charge in [0.1, 0.15) is 11.4 Å². The van der Waals surface area contributed by atoms with E-state index in [-0.39, 0.29) is 11.8 Å². The number of hydrogen-bond donors (Lipinski definition) is 1. The second kappa shape index (κ2) is 10.8. The molecule has 0 saturated carbocycles. The molecule has 0 spiro atoms. The van der Waals surface area contributed by atoms with Crippen LogP contribution in [0.3, 0.4) is 0 Å². The lowest BCUT2D eigenvalue weighted by atomic mass is 10.0. The number of ether oxygens (including phenoxy) is 1. The quantitative estimate of drug-likeness (QED) is 0.183. The van der Waals surface area contributed by atoms with E-state index in [1.165, 1.54) is 0 Å². The number of rotatable bonds is 10. The van der Waals surface area contributed by atoms with Crippen molar-refractivity contribution in [1.29, 1.82) is 0 Å². The summed E-state index contributed by atoms with van der Waals surface area (Å²) in [5.74, 6) is 1.26. The van der Waals surface area contributed by atoms with Crippen molar-refractivity contribution < 1.29 is 14.3 Å². The molecule has 0 atom stereocenters. The number of fused-ring (bicyclic) bond motifs is 3. The van der Waals surface area contributed by atoms with Gasteiger partial charge < -0.3 is 10.1 Å². The van der Waals surface area contributed by atoms with Crippen LogP contribution in [0.4, 0.5) is 5.82 Å². The molecule has 2 heterocycles. The third-order valence-corrected chi connectivity index (χ3v) is 5.78. The molecule has 0 radical (unpaired) electrons. The summed E-state index contributed by atoms with van der Waals surface area (Å²) in [7, 11) is 0. The highest BCUT2D eigenvalue weighted by molar-refractivity contribution is 6.00. The lowest BCUT2D eigenvalue weighted by Gasteiger charge is -2.19. The van der Waals surface area contributed by atoms with E-state index in [1.807, 2.05) is 80.6 Å². The molecule has 36 heavy (non-hydrogen) atoms. The predicted molar refractivity (Wildman–Crippen MR) is 140 cm³/mol. The highest BCUT2D eigenvalue weighted by atomic mass is 16.6. The predicted octanol–water partition coefficient (Wildman–Crippen LogP) is 5.33. The van der Waals surface area contributed by atoms with Crippen LogP contribution in [0.25, 0.3) is 16.7 Å². The lowest BCUT2D eigenvalue weighted by molar-refractivity contribution is -0.154. The van der Waals surface area contributed by atoms with Crippen molar-refractivity contribution in [2.75, 3.05) is 11.9 Å². The number of Topliss-reactive ketones (excluding diaryl/α,β-unsaturated/α-hetero) is 1. The Balaban J connectivity index is 1.45. The summed E-state index contributed by atoms with van der Waals surface area (Å²) in [5.41, 5.74) is 3.36. The average Bonchev–Trinajstić information content (AvgIpc) is 3.22. The molecule has 8 heteroatoms. The van der Waals surface area contributed by atoms with Gasteiger partial charge in [0.15, 0.2) is 11.6 Å². The van der Waals surface area contributed by atoms with Crippen LogP contribution < -0.4 is 5.32 Å². The summed E-state index contributed by atoms with van der Waals surface area (Å²) < 4.78 is 7.32. The maximum absolute atomic E-state index is 12.9. The average molecular weight is 488 g/mol. The maximum atomic E-state index is 12.9. The van der Waals surface area contributed by atoms with Crippen LogP contribution in [0.1, 0.15) is 68.2 Å². The van der Waals surface area contributed by atoms with E-state index in [1.54, 1.807) is 0 Å². The Bertz CT molecular complexity index is 1370. The highest BCUT2D eigenvalue weighted by Gasteiger charge is 2.17. The van der Waals surface area contributed by atoms with E-state index < -0.39 is 5.60 Å². The fraction of sp³-hybridized carbons (Fsp3) is 0.393. The smallest absolute Gasteiger partial charge is 0.306 e. The standard InChI is InChI=1S/C28H33N5O3/c1-19-31-32-27-26(29-16-10-6-9-13-25(35)36-28(2,3)4)30-22-18-21(14-15-23(22)33(19)27)24(34)17-20-11-7-5-8-12-20/h5,7-8,11-12,14-15,18H,6,9-10,13,16-17H2,1-4H3,(H,29,30). The monoisotopic (exact) mass is 487 g/mol. The van der Waals surface area contributed by atoms with Gasteiger partial charge in [-0.25, -0.2) is 4.98 Å². The molecule has 8 nitrogen and oxygen atoms in total. The number of ketones is 1. The van der Waals surface area contributed by atoms with Crippen LogP contribution in [-0.2, 0) is 16.0 Å². The molecule has 4 rings (SSSR count). The molecule has 4 aromatic rings. The number of carbonyl (C=O) groups is 2. The number of esters is 1. The Morgan fingerprint density at radius 1 is 1.00 bits per heavy atom. The minimum Gasteiger partial charge on any atom is -0.460 e. The molecule has 1 N–H and O–H groups in total. The minimum atomic E-state index is -0.450. The van der Waals surface area contributed by atoms with Gasteiger partial charge in [-0.2, -0.15) is 0 Å². The van der Waals surface area contributed by atoms with Crippen LogP contribution in [0, 0.1) is 6.92 Å². The molecule has 0 amide bonds. The van der Waals surface area contributed by atoms with Gasteiger partial charge in [-0.3, -0.25) is 14.0 Å². The molecular formula is C28H33N5O3. The third-order valence-electron chi connectivity index (χ3n) is 5.78. The SMILES string of the molecule is Cc1nnc2c(NCCCCCC(=O)OC(C)(C)C)nc3cc(C(=O)Cc4ccccc4)ccc3n12. The lowest BCUT2D eigenvalue weighted by Crippen LogP contribution is -2.23. The first-order valence-corrected chi connectivity index (χ1v) is 12.4. The van der Waals surface area contributed by atoms with E-state index in [4.69, 9.17) is 9.72 Å². The Hall–Kier alpha value is -3.81. The fourth-order valence-electron chi connectivity index (χ4n) is 4.12. The number of benzene rings is 2. The summed E-state index contributed by atoms with van der Waals surface area (Å²) in [5, 5.41) is 11.9. The van der Waals surface area contributed by atoms with Crippen molar-refractivity contribution in [3.8, 4) is 0 Å². The molecule has 2 aromatic heterocycles. The zero-order chi connectivity index (χ0) is 25.7. The van der Waals surface area contributed by atoms with E-state index in [0.717, 1.165) is 36.2 Å². The summed E-state index contributed by atoms with van der Waals surface area (Å²) in [4.78, 5) is 29.6. The maximum Gasteiger partial charge on any atom is 0.306 e. The van der Waals surface area contributed by atoms with Gasteiger partial charge in [0, 0.05) is 24.9 Å². The van der Waals surface area contributed by atoms with Crippen molar-refractivity contribution in [3.05, 3.63) is 65.5 Å². The van der Waals surface area contributed by atoms with Crippen LogP contribution in [0.2, 0.25) is 0 Å². The van der Waals surface area contributed by atoms with E-state index >= 15 is 0 Å². The molecule has 0 fully saturated rings. The molecule has 0 saturated heterocycles. The van der Waals surface area contributed by atoms with Gasteiger partial charge in [-0.15, -0.1) is 10.2 Å². The number of aryl methyl sites for hydroxylation is 1. The van der Waals surface area contributed by atoms with E-state index in [9.17, 15) is 9.59 Å². The van der Waals surface area contributed by atoms with Gasteiger partial charge in [0.2, 0.25) is 5.65 Å². The number of anilines is 1. The summed E-state index contributed by atoms with van der Waals surface area (Å²) in [6, 6.07) is 15.3. The zero-order valence-corrected chi connectivity index (χ0v) is 21.4. The van der Waals surface area contributed by atoms with Crippen LogP contribution in [0.5, 0.6) is 0 Å². The first-order valence-electron chi connectivity index (χ1n) is 12.4. The second-order valence-electron chi connectivity index (χ2n) is 9.98. The fourth-order valence-corrected chi connectivity index (χ4v) is 4.12. The number of unbranched alkanes of at least 4 members (excludes halogenated alkanes) is 2. The van der Waals surface area contributed by atoms with Crippen LogP contribution in [-0.4, -0.2) is 43.5 Å². The number of aromatic nitrogens is 4. The largest absolute Gasteiger partial charge is 0.460 e. The third kappa shape index (κ3) is 6.24. The van der Waals surface area contributed by atoms with Gasteiger partial charge in [-0.05, 0) is 64.3 Å². The van der Waals surface area contributed by atoms with Crippen molar-refractivity contribution in [2.24, 2.45) is 0 Å².